The Morgan fingerprint density at radius 2 is 1.75 bits per heavy atom. The van der Waals surface area contributed by atoms with Gasteiger partial charge in [0.25, 0.3) is 0 Å². The van der Waals surface area contributed by atoms with Crippen molar-refractivity contribution in [1.29, 1.82) is 0 Å². The Bertz CT molecular complexity index is 1130. The zero-order valence-electron chi connectivity index (χ0n) is 17.3. The molecule has 0 spiro atoms. The molecule has 0 amide bonds. The van der Waals surface area contributed by atoms with Crippen LogP contribution in [0.1, 0.15) is 25.7 Å². The molecule has 1 N–H and O–H groups in total. The van der Waals surface area contributed by atoms with Crippen LogP contribution in [0.3, 0.4) is 0 Å². The smallest absolute Gasteiger partial charge is 0.316 e. The standard InChI is InChI=1S/C20H23ClF2N4O4S/c21-13-32(29,30)26-7-5-25(6-8-26)18-12-24-27(16-10-14(22)9-15(23)11-16)20(28)19(18)31-17-3-1-2-4-17/h9-12,17H,1-8,13H2/p+1. The van der Waals surface area contributed by atoms with E-state index < -0.39 is 32.4 Å². The molecule has 0 radical (unpaired) electrons. The van der Waals surface area contributed by atoms with Crippen molar-refractivity contribution in [1.82, 2.24) is 9.78 Å². The molecule has 4 rings (SSSR count). The van der Waals surface area contributed by atoms with Gasteiger partial charge in [0.1, 0.15) is 30.4 Å². The summed E-state index contributed by atoms with van der Waals surface area (Å²) in [6, 6.07) is 2.76. The van der Waals surface area contributed by atoms with Gasteiger partial charge in [0.2, 0.25) is 5.75 Å². The number of nitrogens with zero attached hydrogens (tertiary/aromatic N) is 3. The van der Waals surface area contributed by atoms with Crippen LogP contribution in [0, 0.1) is 11.6 Å². The molecule has 0 atom stereocenters. The first-order chi connectivity index (χ1) is 15.3. The van der Waals surface area contributed by atoms with Crippen molar-refractivity contribution < 1.29 is 26.2 Å². The molecule has 0 unspecified atom stereocenters. The summed E-state index contributed by atoms with van der Waals surface area (Å²) in [6.45, 7) is 1.28. The molecule has 32 heavy (non-hydrogen) atoms. The van der Waals surface area contributed by atoms with Gasteiger partial charge in [0, 0.05) is 6.07 Å². The number of anilines is 1. The van der Waals surface area contributed by atoms with Gasteiger partial charge >= 0.3 is 15.6 Å². The molecule has 12 heteroatoms. The topological polar surface area (TPSA) is 85.9 Å². The molecule has 0 bridgehead atoms. The Labute approximate surface area is 189 Å². The highest BCUT2D eigenvalue weighted by molar-refractivity contribution is 7.86. The van der Waals surface area contributed by atoms with Gasteiger partial charge in [-0.2, -0.15) is 18.2 Å². The van der Waals surface area contributed by atoms with Crippen LogP contribution < -0.4 is 19.5 Å². The third-order valence-corrected chi connectivity index (χ3v) is 8.28. The Kier molecular flexibility index (Phi) is 6.68. The molecule has 2 heterocycles. The molecular weight excluding hydrogens is 466 g/mol. The summed E-state index contributed by atoms with van der Waals surface area (Å²) in [5.74, 6) is -1.59. The maximum absolute atomic E-state index is 13.7. The number of ether oxygens (including phenoxy) is 1. The van der Waals surface area contributed by atoms with E-state index in [-0.39, 0.29) is 30.6 Å². The number of hydrogen-bond acceptors (Lipinski definition) is 6. The number of piperazine rings is 1. The second-order valence-corrected chi connectivity index (χ2v) is 10.7. The molecular formula is C20H24ClF2N4O4S+. The van der Waals surface area contributed by atoms with Gasteiger partial charge in [0.05, 0.1) is 31.1 Å². The number of aromatic nitrogens is 2. The number of quaternary nitrogens is 1. The van der Waals surface area contributed by atoms with E-state index in [4.69, 9.17) is 16.3 Å². The molecule has 1 aliphatic heterocycles. The van der Waals surface area contributed by atoms with Crippen LogP contribution in [0.25, 0.3) is 5.69 Å². The van der Waals surface area contributed by atoms with Gasteiger partial charge in [-0.15, -0.1) is 11.6 Å². The second kappa shape index (κ2) is 9.32. The van der Waals surface area contributed by atoms with E-state index in [1.54, 1.807) is 0 Å². The van der Waals surface area contributed by atoms with E-state index in [0.717, 1.165) is 48.6 Å². The molecule has 1 aliphatic carbocycles. The minimum Gasteiger partial charge on any atom is -0.483 e. The number of rotatable bonds is 6. The van der Waals surface area contributed by atoms with Gasteiger partial charge < -0.3 is 9.64 Å². The fourth-order valence-corrected chi connectivity index (χ4v) is 5.59. The van der Waals surface area contributed by atoms with E-state index in [2.05, 4.69) is 5.10 Å². The molecule has 1 saturated heterocycles. The molecule has 2 aromatic rings. The minimum atomic E-state index is -3.44. The molecule has 1 aromatic heterocycles. The highest BCUT2D eigenvalue weighted by Gasteiger charge is 2.32. The molecule has 2 aliphatic rings. The SMILES string of the molecule is O=c1c(OC2CCCC2)c(N2CC[NH+](S(=O)(=O)CCl)CC2)cnn1-c1cc(F)cc(F)c1. The maximum atomic E-state index is 13.7. The minimum absolute atomic E-state index is 0.0437. The van der Waals surface area contributed by atoms with E-state index in [9.17, 15) is 22.0 Å². The Morgan fingerprint density at radius 1 is 1.12 bits per heavy atom. The normalized spacial score (nSPS) is 18.3. The van der Waals surface area contributed by atoms with E-state index in [1.165, 1.54) is 6.20 Å². The van der Waals surface area contributed by atoms with Crippen molar-refractivity contribution in [2.24, 2.45) is 0 Å². The third kappa shape index (κ3) is 4.74. The summed E-state index contributed by atoms with van der Waals surface area (Å²) < 4.78 is 59.0. The lowest BCUT2D eigenvalue weighted by Crippen LogP contribution is -3.16. The van der Waals surface area contributed by atoms with Crippen LogP contribution in [0.5, 0.6) is 5.75 Å². The van der Waals surface area contributed by atoms with Gasteiger partial charge in [-0.25, -0.2) is 13.1 Å². The monoisotopic (exact) mass is 489 g/mol. The van der Waals surface area contributed by atoms with Gasteiger partial charge in [-0.3, -0.25) is 4.79 Å². The zero-order chi connectivity index (χ0) is 22.9. The Morgan fingerprint density at radius 3 is 2.34 bits per heavy atom. The quantitative estimate of drug-likeness (QED) is 0.611. The predicted molar refractivity (Wildman–Crippen MR) is 115 cm³/mol. The van der Waals surface area contributed by atoms with Crippen LogP contribution in [0.15, 0.2) is 29.2 Å². The third-order valence-electron chi connectivity index (χ3n) is 5.84. The van der Waals surface area contributed by atoms with E-state index in [1.807, 2.05) is 4.90 Å². The van der Waals surface area contributed by atoms with Crippen LogP contribution >= 0.6 is 11.6 Å². The lowest BCUT2D eigenvalue weighted by atomic mass is 10.2. The van der Waals surface area contributed by atoms with Gasteiger partial charge in [0.15, 0.2) is 5.21 Å². The van der Waals surface area contributed by atoms with Crippen molar-refractivity contribution >= 4 is 27.3 Å². The highest BCUT2D eigenvalue weighted by atomic mass is 35.5. The van der Waals surface area contributed by atoms with Crippen molar-refractivity contribution in [2.45, 2.75) is 31.8 Å². The maximum Gasteiger partial charge on any atom is 0.316 e. The van der Waals surface area contributed by atoms with Crippen LogP contribution in [-0.4, -0.2) is 55.7 Å². The number of nitrogens with one attached hydrogen (secondary N) is 1. The summed E-state index contributed by atoms with van der Waals surface area (Å²) in [5.41, 5.74) is -0.224. The van der Waals surface area contributed by atoms with Crippen LogP contribution in [0.2, 0.25) is 0 Å². The molecule has 8 nitrogen and oxygen atoms in total. The van der Waals surface area contributed by atoms with Crippen molar-refractivity contribution in [2.75, 3.05) is 36.3 Å². The number of hydrogen-bond donors (Lipinski definition) is 1. The summed E-state index contributed by atoms with van der Waals surface area (Å²) in [7, 11) is -3.44. The van der Waals surface area contributed by atoms with Gasteiger partial charge in [-0.1, -0.05) is 0 Å². The molecule has 174 valence electrons. The molecule has 1 aromatic carbocycles. The summed E-state index contributed by atoms with van der Waals surface area (Å²) in [5, 5.41) is 3.67. The predicted octanol–water partition coefficient (Wildman–Crippen LogP) is 1.06. The van der Waals surface area contributed by atoms with Crippen LogP contribution in [-0.2, 0) is 10.0 Å². The second-order valence-electron chi connectivity index (χ2n) is 7.98. The van der Waals surface area contributed by atoms with Crippen LogP contribution in [0.4, 0.5) is 14.5 Å². The fourth-order valence-electron chi connectivity index (χ4n) is 4.17. The lowest BCUT2D eigenvalue weighted by molar-refractivity contribution is -0.767. The Hall–Kier alpha value is -2.24. The Balaban J connectivity index is 1.69. The van der Waals surface area contributed by atoms with E-state index in [0.29, 0.717) is 23.1 Å². The zero-order valence-corrected chi connectivity index (χ0v) is 18.8. The fraction of sp³-hybridized carbons (Fsp3) is 0.500. The average Bonchev–Trinajstić information content (AvgIpc) is 3.28. The summed E-state index contributed by atoms with van der Waals surface area (Å²) >= 11 is 5.57. The highest BCUT2D eigenvalue weighted by Crippen LogP contribution is 2.29. The van der Waals surface area contributed by atoms with Crippen molar-refractivity contribution in [3.8, 4) is 11.4 Å². The van der Waals surface area contributed by atoms with Crippen molar-refractivity contribution in [3.63, 3.8) is 0 Å². The molecule has 2 fully saturated rings. The number of benzene rings is 1. The largest absolute Gasteiger partial charge is 0.483 e. The molecule has 1 saturated carbocycles. The summed E-state index contributed by atoms with van der Waals surface area (Å²) in [6.07, 6.45) is 4.89. The number of alkyl halides is 1. The van der Waals surface area contributed by atoms with Gasteiger partial charge in [-0.05, 0) is 37.8 Å². The first-order valence-electron chi connectivity index (χ1n) is 10.4. The average molecular weight is 490 g/mol. The number of sulfonamides is 1. The van der Waals surface area contributed by atoms with Crippen molar-refractivity contribution in [3.05, 3.63) is 46.4 Å². The lowest BCUT2D eigenvalue weighted by Gasteiger charge is -2.33. The first-order valence-corrected chi connectivity index (χ1v) is 12.6. The van der Waals surface area contributed by atoms with E-state index >= 15 is 0 Å². The first kappa shape index (κ1) is 22.9. The number of halogens is 3. The summed E-state index contributed by atoms with van der Waals surface area (Å²) in [4.78, 5) is 15.1.